The lowest BCUT2D eigenvalue weighted by atomic mass is 10.2. The number of amides is 1. The van der Waals surface area contributed by atoms with Gasteiger partial charge in [-0.1, -0.05) is 42.5 Å². The van der Waals surface area contributed by atoms with Crippen molar-refractivity contribution in [3.63, 3.8) is 0 Å². The second-order valence-corrected chi connectivity index (χ2v) is 12.9. The Bertz CT molecular complexity index is 1460. The van der Waals surface area contributed by atoms with Crippen LogP contribution in [0.15, 0.2) is 88.7 Å². The van der Waals surface area contributed by atoms with E-state index in [0.717, 1.165) is 11.1 Å². The predicted molar refractivity (Wildman–Crippen MR) is 145 cm³/mol. The van der Waals surface area contributed by atoms with Crippen LogP contribution in [0.25, 0.3) is 0 Å². The van der Waals surface area contributed by atoms with Crippen LogP contribution in [-0.2, 0) is 42.7 Å². The van der Waals surface area contributed by atoms with Gasteiger partial charge in [0, 0.05) is 33.2 Å². The Hall–Kier alpha value is -3.29. The molecule has 1 N–H and O–H groups in total. The van der Waals surface area contributed by atoms with E-state index in [9.17, 15) is 21.6 Å². The summed E-state index contributed by atoms with van der Waals surface area (Å²) in [4.78, 5) is 12.6. The third kappa shape index (κ3) is 7.43. The third-order valence-electron chi connectivity index (χ3n) is 6.17. The summed E-state index contributed by atoms with van der Waals surface area (Å²) in [6.45, 7) is 1.58. The quantitative estimate of drug-likeness (QED) is 0.373. The Labute approximate surface area is 229 Å². The van der Waals surface area contributed by atoms with Crippen LogP contribution in [0.2, 0.25) is 0 Å². The van der Waals surface area contributed by atoms with Crippen LogP contribution < -0.4 is 10.1 Å². The molecule has 0 unspecified atom stereocenters. The van der Waals surface area contributed by atoms with Gasteiger partial charge < -0.3 is 14.8 Å². The van der Waals surface area contributed by atoms with E-state index in [0.29, 0.717) is 32.1 Å². The lowest BCUT2D eigenvalue weighted by molar-refractivity contribution is -0.123. The zero-order chi connectivity index (χ0) is 27.9. The van der Waals surface area contributed by atoms with Crippen molar-refractivity contribution in [2.75, 3.05) is 40.0 Å². The van der Waals surface area contributed by atoms with E-state index in [-0.39, 0.29) is 35.4 Å². The number of hydrogen-bond acceptors (Lipinski definition) is 7. The summed E-state index contributed by atoms with van der Waals surface area (Å²) >= 11 is 0. The number of nitrogens with zero attached hydrogens (tertiary/aromatic N) is 2. The Morgan fingerprint density at radius 1 is 0.872 bits per heavy atom. The van der Waals surface area contributed by atoms with Crippen molar-refractivity contribution >= 4 is 26.0 Å². The molecule has 3 aromatic carbocycles. The molecule has 12 heteroatoms. The number of hydrogen-bond donors (Lipinski definition) is 1. The van der Waals surface area contributed by atoms with Gasteiger partial charge >= 0.3 is 0 Å². The summed E-state index contributed by atoms with van der Waals surface area (Å²) in [5, 5.41) is 2.72. The lowest BCUT2D eigenvalue weighted by Crippen LogP contribution is -2.40. The minimum atomic E-state index is -3.69. The van der Waals surface area contributed by atoms with Crippen LogP contribution in [0.4, 0.5) is 0 Å². The first-order chi connectivity index (χ1) is 18.7. The second-order valence-electron chi connectivity index (χ2n) is 8.94. The van der Waals surface area contributed by atoms with E-state index in [4.69, 9.17) is 9.47 Å². The fourth-order valence-electron chi connectivity index (χ4n) is 3.93. The fourth-order valence-corrected chi connectivity index (χ4v) is 6.50. The van der Waals surface area contributed by atoms with Gasteiger partial charge in [-0.3, -0.25) is 4.79 Å². The van der Waals surface area contributed by atoms with Crippen molar-refractivity contribution in [2.24, 2.45) is 0 Å². The first-order valence-electron chi connectivity index (χ1n) is 12.3. The Morgan fingerprint density at radius 3 is 2.13 bits per heavy atom. The predicted octanol–water partition coefficient (Wildman–Crippen LogP) is 2.22. The molecule has 208 valence electrons. The highest BCUT2D eigenvalue weighted by molar-refractivity contribution is 7.89. The highest BCUT2D eigenvalue weighted by atomic mass is 32.2. The lowest BCUT2D eigenvalue weighted by Gasteiger charge is -2.26. The van der Waals surface area contributed by atoms with Gasteiger partial charge in [0.15, 0.2) is 6.61 Å². The van der Waals surface area contributed by atoms with E-state index in [1.807, 2.05) is 30.3 Å². The van der Waals surface area contributed by atoms with Crippen molar-refractivity contribution in [3.05, 3.63) is 90.0 Å². The number of carbonyl (C=O) groups is 1. The van der Waals surface area contributed by atoms with Crippen molar-refractivity contribution in [2.45, 2.75) is 22.9 Å². The molecule has 39 heavy (non-hydrogen) atoms. The van der Waals surface area contributed by atoms with E-state index >= 15 is 0 Å². The molecule has 0 atom stereocenters. The maximum atomic E-state index is 12.9. The molecule has 0 aliphatic carbocycles. The number of carbonyl (C=O) groups excluding carboxylic acids is 1. The van der Waals surface area contributed by atoms with Gasteiger partial charge in [-0.2, -0.15) is 8.61 Å². The Morgan fingerprint density at radius 2 is 1.49 bits per heavy atom. The molecule has 1 amide bonds. The molecule has 4 rings (SSSR count). The summed E-state index contributed by atoms with van der Waals surface area (Å²) in [6.07, 6.45) is 0. The Kier molecular flexibility index (Phi) is 9.36. The first kappa shape index (κ1) is 28.7. The summed E-state index contributed by atoms with van der Waals surface area (Å²) in [5.74, 6) is -0.0215. The van der Waals surface area contributed by atoms with Gasteiger partial charge in [-0.25, -0.2) is 16.8 Å². The topological polar surface area (TPSA) is 122 Å². The number of nitrogens with one attached hydrogen (secondary N) is 1. The van der Waals surface area contributed by atoms with E-state index < -0.39 is 20.0 Å². The second kappa shape index (κ2) is 12.7. The number of benzene rings is 3. The van der Waals surface area contributed by atoms with Crippen molar-refractivity contribution in [3.8, 4) is 5.75 Å². The zero-order valence-electron chi connectivity index (χ0n) is 21.5. The molecular weight excluding hydrogens is 542 g/mol. The van der Waals surface area contributed by atoms with Crippen molar-refractivity contribution in [1.29, 1.82) is 0 Å². The van der Waals surface area contributed by atoms with Crippen LogP contribution in [0, 0.1) is 0 Å². The summed E-state index contributed by atoms with van der Waals surface area (Å²) < 4.78 is 64.6. The standard InChI is InChI=1S/C27H31N3O7S2/c1-29(20-23-5-3-2-4-6-23)38(32,33)25-13-9-24(10-14-25)37-21-27(31)28-19-22-7-11-26(12-8-22)39(34,35)30-15-17-36-18-16-30/h2-14H,15-21H2,1H3,(H,28,31). The maximum absolute atomic E-state index is 12.9. The molecule has 1 saturated heterocycles. The normalized spacial score (nSPS) is 14.7. The van der Waals surface area contributed by atoms with Crippen LogP contribution >= 0.6 is 0 Å². The highest BCUT2D eigenvalue weighted by Crippen LogP contribution is 2.21. The van der Waals surface area contributed by atoms with E-state index in [1.54, 1.807) is 12.1 Å². The third-order valence-corrected chi connectivity index (χ3v) is 9.90. The SMILES string of the molecule is CN(Cc1ccccc1)S(=O)(=O)c1ccc(OCC(=O)NCc2ccc(S(=O)(=O)N3CCOCC3)cc2)cc1. The molecule has 0 spiro atoms. The molecule has 3 aromatic rings. The number of morpholine rings is 1. The minimum Gasteiger partial charge on any atom is -0.484 e. The first-order valence-corrected chi connectivity index (χ1v) is 15.2. The molecule has 0 bridgehead atoms. The molecule has 1 fully saturated rings. The molecule has 1 aliphatic heterocycles. The zero-order valence-corrected chi connectivity index (χ0v) is 23.2. The van der Waals surface area contributed by atoms with Gasteiger partial charge in [0.2, 0.25) is 20.0 Å². The van der Waals surface area contributed by atoms with E-state index in [2.05, 4.69) is 5.32 Å². The fraction of sp³-hybridized carbons (Fsp3) is 0.296. The summed E-state index contributed by atoms with van der Waals surface area (Å²) in [6, 6.07) is 21.6. The maximum Gasteiger partial charge on any atom is 0.258 e. The Balaban J connectivity index is 1.25. The van der Waals surface area contributed by atoms with Crippen LogP contribution in [-0.4, -0.2) is 71.3 Å². The molecule has 1 aliphatic rings. The van der Waals surface area contributed by atoms with Gasteiger partial charge in [0.1, 0.15) is 5.75 Å². The number of rotatable bonds is 11. The van der Waals surface area contributed by atoms with Gasteiger partial charge in [0.05, 0.1) is 23.0 Å². The van der Waals surface area contributed by atoms with Crippen LogP contribution in [0.5, 0.6) is 5.75 Å². The van der Waals surface area contributed by atoms with Crippen LogP contribution in [0.3, 0.4) is 0 Å². The monoisotopic (exact) mass is 573 g/mol. The number of ether oxygens (including phenoxy) is 2. The molecule has 1 heterocycles. The van der Waals surface area contributed by atoms with E-state index in [1.165, 1.54) is 52.1 Å². The molecule has 10 nitrogen and oxygen atoms in total. The molecule has 0 radical (unpaired) electrons. The van der Waals surface area contributed by atoms with Gasteiger partial charge in [0.25, 0.3) is 5.91 Å². The van der Waals surface area contributed by atoms with Crippen molar-refractivity contribution in [1.82, 2.24) is 13.9 Å². The van der Waals surface area contributed by atoms with Crippen LogP contribution in [0.1, 0.15) is 11.1 Å². The average molecular weight is 574 g/mol. The minimum absolute atomic E-state index is 0.122. The average Bonchev–Trinajstić information content (AvgIpc) is 2.96. The molecule has 0 saturated carbocycles. The smallest absolute Gasteiger partial charge is 0.258 e. The van der Waals surface area contributed by atoms with Gasteiger partial charge in [-0.05, 0) is 47.5 Å². The molecule has 0 aromatic heterocycles. The van der Waals surface area contributed by atoms with Gasteiger partial charge in [-0.15, -0.1) is 0 Å². The molecular formula is C27H31N3O7S2. The summed E-state index contributed by atoms with van der Waals surface area (Å²) in [5.41, 5.74) is 1.61. The largest absolute Gasteiger partial charge is 0.484 e. The van der Waals surface area contributed by atoms with Crippen molar-refractivity contribution < 1.29 is 31.1 Å². The highest BCUT2D eigenvalue weighted by Gasteiger charge is 2.26. The number of sulfonamides is 2. The summed E-state index contributed by atoms with van der Waals surface area (Å²) in [7, 11) is -5.74.